The van der Waals surface area contributed by atoms with Crippen molar-refractivity contribution in [3.8, 4) is 5.75 Å². The van der Waals surface area contributed by atoms with Gasteiger partial charge in [-0.25, -0.2) is 0 Å². The standard InChI is InChI=1S/C18H24N2O/c1-3-11-20-18(13-15-6-5-12-19-14-15)16-7-9-17(10-8-16)21-4-2/h5-10,12,14,18,20H,3-4,11,13H2,1-2H3. The summed E-state index contributed by atoms with van der Waals surface area (Å²) in [6, 6.07) is 12.8. The predicted octanol–water partition coefficient (Wildman–Crippen LogP) is 3.76. The molecular weight excluding hydrogens is 260 g/mol. The van der Waals surface area contributed by atoms with E-state index in [0.717, 1.165) is 25.1 Å². The van der Waals surface area contributed by atoms with E-state index in [4.69, 9.17) is 4.74 Å². The minimum atomic E-state index is 0.310. The van der Waals surface area contributed by atoms with Gasteiger partial charge in [0.25, 0.3) is 0 Å². The molecule has 0 fully saturated rings. The van der Waals surface area contributed by atoms with Gasteiger partial charge in [0.2, 0.25) is 0 Å². The topological polar surface area (TPSA) is 34.2 Å². The summed E-state index contributed by atoms with van der Waals surface area (Å²) < 4.78 is 5.51. The molecule has 1 aromatic heterocycles. The van der Waals surface area contributed by atoms with Gasteiger partial charge in [0.05, 0.1) is 6.61 Å². The van der Waals surface area contributed by atoms with Crippen LogP contribution in [0.25, 0.3) is 0 Å². The van der Waals surface area contributed by atoms with E-state index in [9.17, 15) is 0 Å². The Kier molecular flexibility index (Phi) is 6.22. The van der Waals surface area contributed by atoms with Gasteiger partial charge in [-0.1, -0.05) is 25.1 Å². The molecule has 0 aliphatic carbocycles. The van der Waals surface area contributed by atoms with E-state index < -0.39 is 0 Å². The minimum Gasteiger partial charge on any atom is -0.494 e. The Bertz CT molecular complexity index is 511. The highest BCUT2D eigenvalue weighted by molar-refractivity contribution is 5.30. The zero-order valence-electron chi connectivity index (χ0n) is 12.9. The third-order valence-corrected chi connectivity index (χ3v) is 3.40. The molecule has 0 spiro atoms. The molecule has 2 rings (SSSR count). The number of hydrogen-bond acceptors (Lipinski definition) is 3. The van der Waals surface area contributed by atoms with Crippen molar-refractivity contribution in [2.75, 3.05) is 13.2 Å². The van der Waals surface area contributed by atoms with E-state index in [2.05, 4.69) is 35.4 Å². The Morgan fingerprint density at radius 3 is 2.57 bits per heavy atom. The number of hydrogen-bond donors (Lipinski definition) is 1. The first-order chi connectivity index (χ1) is 10.3. The molecule has 3 heteroatoms. The van der Waals surface area contributed by atoms with E-state index in [1.165, 1.54) is 11.1 Å². The van der Waals surface area contributed by atoms with Crippen LogP contribution in [-0.4, -0.2) is 18.1 Å². The molecule has 1 atom stereocenters. The van der Waals surface area contributed by atoms with Crippen molar-refractivity contribution in [1.82, 2.24) is 10.3 Å². The van der Waals surface area contributed by atoms with Gasteiger partial charge >= 0.3 is 0 Å². The molecule has 0 amide bonds. The number of rotatable bonds is 8. The molecular formula is C18H24N2O. The van der Waals surface area contributed by atoms with Gasteiger partial charge in [-0.3, -0.25) is 4.98 Å². The van der Waals surface area contributed by atoms with Crippen molar-refractivity contribution in [1.29, 1.82) is 0 Å². The number of pyridine rings is 1. The summed E-state index contributed by atoms with van der Waals surface area (Å²) in [6.45, 7) is 5.90. The molecule has 1 N–H and O–H groups in total. The first-order valence-electron chi connectivity index (χ1n) is 7.68. The summed E-state index contributed by atoms with van der Waals surface area (Å²) in [4.78, 5) is 4.20. The molecule has 0 radical (unpaired) electrons. The van der Waals surface area contributed by atoms with Gasteiger partial charge in [-0.2, -0.15) is 0 Å². The lowest BCUT2D eigenvalue weighted by atomic mass is 9.99. The van der Waals surface area contributed by atoms with Crippen LogP contribution < -0.4 is 10.1 Å². The normalized spacial score (nSPS) is 12.1. The third-order valence-electron chi connectivity index (χ3n) is 3.40. The van der Waals surface area contributed by atoms with Crippen LogP contribution in [0.5, 0.6) is 5.75 Å². The molecule has 21 heavy (non-hydrogen) atoms. The molecule has 0 saturated heterocycles. The van der Waals surface area contributed by atoms with Gasteiger partial charge in [0.15, 0.2) is 0 Å². The van der Waals surface area contributed by atoms with Gasteiger partial charge in [-0.05, 0) is 55.6 Å². The molecule has 112 valence electrons. The zero-order chi connectivity index (χ0) is 14.9. The summed E-state index contributed by atoms with van der Waals surface area (Å²) in [5.74, 6) is 0.928. The monoisotopic (exact) mass is 284 g/mol. The average molecular weight is 284 g/mol. The highest BCUT2D eigenvalue weighted by Crippen LogP contribution is 2.21. The number of benzene rings is 1. The molecule has 0 bridgehead atoms. The maximum absolute atomic E-state index is 5.51. The number of nitrogens with zero attached hydrogens (tertiary/aromatic N) is 1. The summed E-state index contributed by atoms with van der Waals surface area (Å²) in [6.07, 6.45) is 5.83. The Morgan fingerprint density at radius 2 is 1.95 bits per heavy atom. The van der Waals surface area contributed by atoms with Crippen LogP contribution in [0.2, 0.25) is 0 Å². The SMILES string of the molecule is CCCNC(Cc1cccnc1)c1ccc(OCC)cc1. The van der Waals surface area contributed by atoms with Gasteiger partial charge in [0.1, 0.15) is 5.75 Å². The number of aromatic nitrogens is 1. The van der Waals surface area contributed by atoms with Crippen LogP contribution in [0.4, 0.5) is 0 Å². The lowest BCUT2D eigenvalue weighted by Gasteiger charge is -2.19. The Balaban J connectivity index is 2.11. The third kappa shape index (κ3) is 4.87. The molecule has 1 unspecified atom stereocenters. The maximum Gasteiger partial charge on any atom is 0.119 e. The van der Waals surface area contributed by atoms with Crippen LogP contribution in [0.1, 0.15) is 37.4 Å². The number of nitrogens with one attached hydrogen (secondary N) is 1. The van der Waals surface area contributed by atoms with E-state index in [0.29, 0.717) is 12.6 Å². The lowest BCUT2D eigenvalue weighted by molar-refractivity contribution is 0.340. The Morgan fingerprint density at radius 1 is 1.14 bits per heavy atom. The zero-order valence-corrected chi connectivity index (χ0v) is 12.9. The second kappa shape index (κ2) is 8.42. The Labute approximate surface area is 127 Å². The van der Waals surface area contributed by atoms with Crippen LogP contribution >= 0.6 is 0 Å². The molecule has 0 aliphatic rings. The fourth-order valence-corrected chi connectivity index (χ4v) is 2.34. The smallest absolute Gasteiger partial charge is 0.119 e. The largest absolute Gasteiger partial charge is 0.494 e. The molecule has 3 nitrogen and oxygen atoms in total. The maximum atomic E-state index is 5.51. The molecule has 2 aromatic rings. The summed E-state index contributed by atoms with van der Waals surface area (Å²) in [7, 11) is 0. The summed E-state index contributed by atoms with van der Waals surface area (Å²) in [5, 5.41) is 3.62. The van der Waals surface area contributed by atoms with Crippen LogP contribution in [0.15, 0.2) is 48.8 Å². The van der Waals surface area contributed by atoms with Crippen molar-refractivity contribution >= 4 is 0 Å². The van der Waals surface area contributed by atoms with E-state index in [1.807, 2.05) is 37.5 Å². The molecule has 0 aliphatic heterocycles. The molecule has 1 heterocycles. The van der Waals surface area contributed by atoms with Crippen molar-refractivity contribution in [2.45, 2.75) is 32.7 Å². The molecule has 0 saturated carbocycles. The second-order valence-corrected chi connectivity index (χ2v) is 5.07. The van der Waals surface area contributed by atoms with Crippen LogP contribution in [-0.2, 0) is 6.42 Å². The summed E-state index contributed by atoms with van der Waals surface area (Å²) in [5.41, 5.74) is 2.54. The highest BCUT2D eigenvalue weighted by atomic mass is 16.5. The van der Waals surface area contributed by atoms with Crippen LogP contribution in [0.3, 0.4) is 0 Å². The van der Waals surface area contributed by atoms with Gasteiger partial charge in [-0.15, -0.1) is 0 Å². The van der Waals surface area contributed by atoms with Crippen molar-refractivity contribution < 1.29 is 4.74 Å². The van der Waals surface area contributed by atoms with E-state index >= 15 is 0 Å². The quantitative estimate of drug-likeness (QED) is 0.801. The summed E-state index contributed by atoms with van der Waals surface area (Å²) >= 11 is 0. The molecule has 1 aromatic carbocycles. The van der Waals surface area contributed by atoms with E-state index in [-0.39, 0.29) is 0 Å². The lowest BCUT2D eigenvalue weighted by Crippen LogP contribution is -2.24. The van der Waals surface area contributed by atoms with E-state index in [1.54, 1.807) is 0 Å². The fraction of sp³-hybridized carbons (Fsp3) is 0.389. The van der Waals surface area contributed by atoms with Crippen LogP contribution in [0, 0.1) is 0 Å². The first kappa shape index (κ1) is 15.5. The van der Waals surface area contributed by atoms with Crippen molar-refractivity contribution in [3.05, 3.63) is 59.9 Å². The second-order valence-electron chi connectivity index (χ2n) is 5.07. The van der Waals surface area contributed by atoms with Crippen molar-refractivity contribution in [2.24, 2.45) is 0 Å². The highest BCUT2D eigenvalue weighted by Gasteiger charge is 2.11. The minimum absolute atomic E-state index is 0.310. The Hall–Kier alpha value is -1.87. The first-order valence-corrected chi connectivity index (χ1v) is 7.68. The fourth-order valence-electron chi connectivity index (χ4n) is 2.34. The van der Waals surface area contributed by atoms with Gasteiger partial charge < -0.3 is 10.1 Å². The number of ether oxygens (including phenoxy) is 1. The van der Waals surface area contributed by atoms with Gasteiger partial charge in [0, 0.05) is 18.4 Å². The average Bonchev–Trinajstić information content (AvgIpc) is 2.53. The predicted molar refractivity (Wildman–Crippen MR) is 86.6 cm³/mol. The van der Waals surface area contributed by atoms with Crippen molar-refractivity contribution in [3.63, 3.8) is 0 Å².